The molecule has 19 heavy (non-hydrogen) atoms. The molecule has 1 rings (SSSR count). The quantitative estimate of drug-likeness (QED) is 0.430. The van der Waals surface area contributed by atoms with Crippen molar-refractivity contribution in [3.05, 3.63) is 30.3 Å². The molecule has 1 nitrogen and oxygen atoms in total. The molecule has 1 aromatic rings. The molecule has 2 heteroatoms. The molecule has 0 aromatic heterocycles. The second kappa shape index (κ2) is 11.2. The Labute approximate surface area is 121 Å². The van der Waals surface area contributed by atoms with Crippen molar-refractivity contribution in [2.24, 2.45) is 0 Å². The van der Waals surface area contributed by atoms with Crippen LogP contribution in [0, 0.1) is 0 Å². The maximum atomic E-state index is 6.01. The molecule has 0 amide bonds. The average molecular weight is 279 g/mol. The van der Waals surface area contributed by atoms with E-state index in [1.54, 1.807) is 0 Å². The van der Waals surface area contributed by atoms with E-state index in [1.807, 2.05) is 0 Å². The molecule has 1 atom stereocenters. The molecule has 0 radical (unpaired) electrons. The highest BCUT2D eigenvalue weighted by Crippen LogP contribution is 2.10. The number of benzene rings is 1. The van der Waals surface area contributed by atoms with Gasteiger partial charge in [0.15, 0.2) is 0 Å². The Morgan fingerprint density at radius 1 is 0.842 bits per heavy atom. The van der Waals surface area contributed by atoms with E-state index in [0.29, 0.717) is 0 Å². The summed E-state index contributed by atoms with van der Waals surface area (Å²) in [5, 5.41) is 1.47. The van der Waals surface area contributed by atoms with Crippen LogP contribution in [-0.4, -0.2) is 15.6 Å². The van der Waals surface area contributed by atoms with Crippen LogP contribution in [0.5, 0.6) is 0 Å². The predicted molar refractivity (Wildman–Crippen MR) is 87.7 cm³/mol. The van der Waals surface area contributed by atoms with E-state index in [0.717, 1.165) is 6.61 Å². The highest BCUT2D eigenvalue weighted by atomic mass is 28.3. The molecule has 0 saturated carbocycles. The van der Waals surface area contributed by atoms with Crippen molar-refractivity contribution in [3.63, 3.8) is 0 Å². The summed E-state index contributed by atoms with van der Waals surface area (Å²) in [5.41, 5.74) is 0. The Morgan fingerprint density at radius 3 is 2.11 bits per heavy atom. The molecule has 0 aliphatic carbocycles. The molecule has 0 bridgehead atoms. The highest BCUT2D eigenvalue weighted by Gasteiger charge is 2.13. The zero-order chi connectivity index (χ0) is 13.8. The smallest absolute Gasteiger partial charge is 0.208 e. The lowest BCUT2D eigenvalue weighted by Crippen LogP contribution is -2.33. The fourth-order valence-electron chi connectivity index (χ4n) is 2.50. The Morgan fingerprint density at radius 2 is 1.47 bits per heavy atom. The first kappa shape index (κ1) is 16.5. The fraction of sp³-hybridized carbons (Fsp3) is 0.647. The molecule has 0 heterocycles. The van der Waals surface area contributed by atoms with E-state index in [9.17, 15) is 0 Å². The van der Waals surface area contributed by atoms with Gasteiger partial charge >= 0.3 is 0 Å². The fourth-order valence-corrected chi connectivity index (χ4v) is 4.91. The molecule has 1 aromatic carbocycles. The van der Waals surface area contributed by atoms with Crippen molar-refractivity contribution in [2.45, 2.75) is 64.8 Å². The Balaban J connectivity index is 2.20. The summed E-state index contributed by atoms with van der Waals surface area (Å²) in [6, 6.07) is 12.2. The van der Waals surface area contributed by atoms with Crippen LogP contribution in [0.4, 0.5) is 0 Å². The summed E-state index contributed by atoms with van der Waals surface area (Å²) in [4.78, 5) is 0. The van der Waals surface area contributed by atoms with Crippen LogP contribution in [0.25, 0.3) is 0 Å². The third-order valence-electron chi connectivity index (χ3n) is 3.61. The lowest BCUT2D eigenvalue weighted by atomic mass is 10.1. The minimum Gasteiger partial charge on any atom is -0.416 e. The van der Waals surface area contributed by atoms with Crippen LogP contribution in [0.15, 0.2) is 30.3 Å². The van der Waals surface area contributed by atoms with E-state index >= 15 is 0 Å². The molecule has 0 N–H and O–H groups in total. The SMILES string of the molecule is CCCCCCCCC[SiH](OCC)c1ccccc1. The highest BCUT2D eigenvalue weighted by molar-refractivity contribution is 6.67. The molecular formula is C17H30OSi. The lowest BCUT2D eigenvalue weighted by Gasteiger charge is -2.15. The van der Waals surface area contributed by atoms with Gasteiger partial charge in [-0.15, -0.1) is 0 Å². The second-order valence-electron chi connectivity index (χ2n) is 5.26. The Bertz CT molecular complexity index is 299. The van der Waals surface area contributed by atoms with Gasteiger partial charge in [0.2, 0.25) is 9.04 Å². The summed E-state index contributed by atoms with van der Waals surface area (Å²) in [7, 11) is -1.16. The van der Waals surface area contributed by atoms with E-state index < -0.39 is 9.04 Å². The van der Waals surface area contributed by atoms with Crippen LogP contribution in [0.3, 0.4) is 0 Å². The van der Waals surface area contributed by atoms with Crippen LogP contribution in [-0.2, 0) is 4.43 Å². The van der Waals surface area contributed by atoms with E-state index in [2.05, 4.69) is 44.2 Å². The average Bonchev–Trinajstić information content (AvgIpc) is 2.46. The number of hydrogen-bond acceptors (Lipinski definition) is 1. The van der Waals surface area contributed by atoms with E-state index in [4.69, 9.17) is 4.43 Å². The second-order valence-corrected chi connectivity index (χ2v) is 7.82. The van der Waals surface area contributed by atoms with Crippen molar-refractivity contribution in [1.82, 2.24) is 0 Å². The van der Waals surface area contributed by atoms with Gasteiger partial charge in [-0.2, -0.15) is 0 Å². The molecule has 0 fully saturated rings. The minimum atomic E-state index is -1.16. The van der Waals surface area contributed by atoms with Gasteiger partial charge in [0.1, 0.15) is 0 Å². The van der Waals surface area contributed by atoms with Gasteiger partial charge in [-0.05, 0) is 18.2 Å². The first-order valence-electron chi connectivity index (χ1n) is 8.05. The van der Waals surface area contributed by atoms with Crippen LogP contribution < -0.4 is 5.19 Å². The Hall–Kier alpha value is -0.603. The molecule has 0 aliphatic heterocycles. The van der Waals surface area contributed by atoms with Crippen molar-refractivity contribution in [3.8, 4) is 0 Å². The van der Waals surface area contributed by atoms with Crippen LogP contribution in [0.2, 0.25) is 6.04 Å². The van der Waals surface area contributed by atoms with Gasteiger partial charge in [0.25, 0.3) is 0 Å². The monoisotopic (exact) mass is 278 g/mol. The molecule has 0 spiro atoms. The topological polar surface area (TPSA) is 9.23 Å². The number of unbranched alkanes of at least 4 members (excludes halogenated alkanes) is 6. The van der Waals surface area contributed by atoms with Gasteiger partial charge in [0, 0.05) is 6.61 Å². The third-order valence-corrected chi connectivity index (χ3v) is 6.41. The van der Waals surface area contributed by atoms with E-state index in [1.165, 1.54) is 56.2 Å². The molecule has 0 saturated heterocycles. The third kappa shape index (κ3) is 7.53. The van der Waals surface area contributed by atoms with Crippen LogP contribution in [0.1, 0.15) is 58.8 Å². The molecule has 1 unspecified atom stereocenters. The normalized spacial score (nSPS) is 12.5. The first-order valence-corrected chi connectivity index (χ1v) is 9.91. The standard InChI is InChI=1S/C17H30OSi/c1-3-5-6-7-8-9-13-16-19(18-4-2)17-14-11-10-12-15-17/h10-12,14-15,19H,3-9,13,16H2,1-2H3. The predicted octanol–water partition coefficient (Wildman–Crippen LogP) is 4.40. The van der Waals surface area contributed by atoms with Gasteiger partial charge < -0.3 is 4.43 Å². The molecule has 108 valence electrons. The van der Waals surface area contributed by atoms with E-state index in [-0.39, 0.29) is 0 Å². The molecular weight excluding hydrogens is 248 g/mol. The largest absolute Gasteiger partial charge is 0.416 e. The summed E-state index contributed by atoms with van der Waals surface area (Å²) < 4.78 is 6.01. The van der Waals surface area contributed by atoms with Gasteiger partial charge in [0.05, 0.1) is 0 Å². The van der Waals surface area contributed by atoms with Crippen molar-refractivity contribution in [2.75, 3.05) is 6.61 Å². The minimum absolute atomic E-state index is 0.863. The lowest BCUT2D eigenvalue weighted by molar-refractivity contribution is 0.348. The maximum Gasteiger partial charge on any atom is 0.208 e. The van der Waals surface area contributed by atoms with Gasteiger partial charge in [-0.3, -0.25) is 0 Å². The summed E-state index contributed by atoms with van der Waals surface area (Å²) in [5.74, 6) is 0. The summed E-state index contributed by atoms with van der Waals surface area (Å²) in [6.45, 7) is 5.26. The Kier molecular flexibility index (Phi) is 9.73. The number of rotatable bonds is 11. The van der Waals surface area contributed by atoms with Crippen molar-refractivity contribution >= 4 is 14.2 Å². The van der Waals surface area contributed by atoms with Crippen molar-refractivity contribution in [1.29, 1.82) is 0 Å². The van der Waals surface area contributed by atoms with Gasteiger partial charge in [-0.25, -0.2) is 0 Å². The summed E-state index contributed by atoms with van der Waals surface area (Å²) >= 11 is 0. The summed E-state index contributed by atoms with van der Waals surface area (Å²) in [6.07, 6.45) is 9.71. The molecule has 0 aliphatic rings. The zero-order valence-corrected chi connectivity index (χ0v) is 13.9. The maximum absolute atomic E-state index is 6.01. The van der Waals surface area contributed by atoms with Crippen LogP contribution >= 0.6 is 0 Å². The first-order chi connectivity index (χ1) is 9.38. The van der Waals surface area contributed by atoms with Gasteiger partial charge in [-0.1, -0.05) is 82.2 Å². The van der Waals surface area contributed by atoms with Crippen molar-refractivity contribution < 1.29 is 4.43 Å². The zero-order valence-electron chi connectivity index (χ0n) is 12.7. The number of hydrogen-bond donors (Lipinski definition) is 0.